The van der Waals surface area contributed by atoms with Crippen LogP contribution in [0.5, 0.6) is 0 Å². The van der Waals surface area contributed by atoms with Crippen molar-refractivity contribution in [3.05, 3.63) is 42.0 Å². The molecule has 5 heteroatoms. The zero-order valence-corrected chi connectivity index (χ0v) is 15.4. The Morgan fingerprint density at radius 3 is 2.32 bits per heavy atom. The van der Waals surface area contributed by atoms with Crippen molar-refractivity contribution in [3.8, 4) is 0 Å². The lowest BCUT2D eigenvalue weighted by Crippen LogP contribution is -2.56. The summed E-state index contributed by atoms with van der Waals surface area (Å²) in [5.41, 5.74) is 1.20. The van der Waals surface area contributed by atoms with E-state index in [9.17, 15) is 9.59 Å². The van der Waals surface area contributed by atoms with E-state index in [0.29, 0.717) is 13.1 Å². The van der Waals surface area contributed by atoms with Crippen molar-refractivity contribution in [1.29, 1.82) is 0 Å². The van der Waals surface area contributed by atoms with Crippen LogP contribution in [-0.4, -0.2) is 60.4 Å². The fourth-order valence-electron chi connectivity index (χ4n) is 2.98. The lowest BCUT2D eigenvalue weighted by atomic mass is 10.0. The van der Waals surface area contributed by atoms with Gasteiger partial charge in [0.2, 0.25) is 11.8 Å². The quantitative estimate of drug-likeness (QED) is 0.860. The number of piperazine rings is 1. The van der Waals surface area contributed by atoms with Crippen molar-refractivity contribution >= 4 is 17.9 Å². The predicted molar refractivity (Wildman–Crippen MR) is 101 cm³/mol. The van der Waals surface area contributed by atoms with Gasteiger partial charge in [-0.2, -0.15) is 0 Å². The summed E-state index contributed by atoms with van der Waals surface area (Å²) in [6, 6.07) is 9.82. The molecule has 1 heterocycles. The standard InChI is InChI=1S/C20H29N3O2/c1-16(2)19(21-17(3)24)20(25)23-14-12-22(13-15-23)11-7-10-18-8-5-4-6-9-18/h4-10,16,19H,11-15H2,1-3H3,(H,21,24). The molecule has 0 aromatic heterocycles. The molecule has 25 heavy (non-hydrogen) atoms. The van der Waals surface area contributed by atoms with Gasteiger partial charge in [-0.25, -0.2) is 0 Å². The minimum Gasteiger partial charge on any atom is -0.344 e. The summed E-state index contributed by atoms with van der Waals surface area (Å²) in [6.45, 7) is 9.40. The molecule has 2 rings (SSSR count). The third-order valence-corrected chi connectivity index (χ3v) is 4.45. The van der Waals surface area contributed by atoms with Crippen molar-refractivity contribution in [3.63, 3.8) is 0 Å². The van der Waals surface area contributed by atoms with Crippen LogP contribution in [0.1, 0.15) is 26.3 Å². The van der Waals surface area contributed by atoms with Crippen LogP contribution in [0.15, 0.2) is 36.4 Å². The number of benzene rings is 1. The second kappa shape index (κ2) is 9.37. The summed E-state index contributed by atoms with van der Waals surface area (Å²) in [7, 11) is 0. The lowest BCUT2D eigenvalue weighted by molar-refractivity contribution is -0.138. The van der Waals surface area contributed by atoms with Crippen LogP contribution in [0, 0.1) is 5.92 Å². The van der Waals surface area contributed by atoms with Gasteiger partial charge >= 0.3 is 0 Å². The highest BCUT2D eigenvalue weighted by Crippen LogP contribution is 2.10. The Hall–Kier alpha value is -2.14. The van der Waals surface area contributed by atoms with Gasteiger partial charge in [-0.05, 0) is 11.5 Å². The van der Waals surface area contributed by atoms with E-state index in [1.165, 1.54) is 12.5 Å². The van der Waals surface area contributed by atoms with E-state index < -0.39 is 6.04 Å². The molecule has 1 aliphatic heterocycles. The molecule has 1 aliphatic rings. The second-order valence-corrected chi connectivity index (χ2v) is 6.86. The molecule has 136 valence electrons. The number of nitrogens with one attached hydrogen (secondary N) is 1. The Morgan fingerprint density at radius 1 is 1.12 bits per heavy atom. The van der Waals surface area contributed by atoms with Crippen LogP contribution in [0.25, 0.3) is 6.08 Å². The summed E-state index contributed by atoms with van der Waals surface area (Å²) < 4.78 is 0. The van der Waals surface area contributed by atoms with Gasteiger partial charge in [-0.1, -0.05) is 56.3 Å². The Bertz CT molecular complexity index is 590. The number of hydrogen-bond acceptors (Lipinski definition) is 3. The first-order valence-electron chi connectivity index (χ1n) is 8.97. The number of carbonyl (C=O) groups excluding carboxylic acids is 2. The summed E-state index contributed by atoms with van der Waals surface area (Å²) in [4.78, 5) is 28.2. The van der Waals surface area contributed by atoms with Crippen molar-refractivity contribution in [2.75, 3.05) is 32.7 Å². The van der Waals surface area contributed by atoms with Crippen LogP contribution in [0.2, 0.25) is 0 Å². The number of amides is 2. The molecule has 5 nitrogen and oxygen atoms in total. The first kappa shape index (κ1) is 19.2. The average molecular weight is 343 g/mol. The molecule has 0 saturated carbocycles. The average Bonchev–Trinajstić information content (AvgIpc) is 2.60. The fraction of sp³-hybridized carbons (Fsp3) is 0.500. The lowest BCUT2D eigenvalue weighted by Gasteiger charge is -2.36. The highest BCUT2D eigenvalue weighted by molar-refractivity contribution is 5.87. The summed E-state index contributed by atoms with van der Waals surface area (Å²) in [5.74, 6) is -0.0374. The summed E-state index contributed by atoms with van der Waals surface area (Å²) >= 11 is 0. The Labute approximate surface area is 150 Å². The predicted octanol–water partition coefficient (Wildman–Crippen LogP) is 2.00. The minimum atomic E-state index is -0.429. The molecular formula is C20H29N3O2. The molecule has 0 spiro atoms. The highest BCUT2D eigenvalue weighted by atomic mass is 16.2. The van der Waals surface area contributed by atoms with Gasteiger partial charge in [0.1, 0.15) is 6.04 Å². The zero-order valence-electron chi connectivity index (χ0n) is 15.4. The SMILES string of the molecule is CC(=O)NC(C(=O)N1CCN(CC=Cc2ccccc2)CC1)C(C)C. The van der Waals surface area contributed by atoms with E-state index in [-0.39, 0.29) is 17.7 Å². The van der Waals surface area contributed by atoms with E-state index in [0.717, 1.165) is 19.6 Å². The molecule has 0 aliphatic carbocycles. The van der Waals surface area contributed by atoms with E-state index in [2.05, 4.69) is 34.5 Å². The van der Waals surface area contributed by atoms with Gasteiger partial charge in [0.05, 0.1) is 0 Å². The van der Waals surface area contributed by atoms with Gasteiger partial charge in [0.15, 0.2) is 0 Å². The molecular weight excluding hydrogens is 314 g/mol. The van der Waals surface area contributed by atoms with Crippen molar-refractivity contribution in [1.82, 2.24) is 15.1 Å². The van der Waals surface area contributed by atoms with Crippen LogP contribution in [-0.2, 0) is 9.59 Å². The summed E-state index contributed by atoms with van der Waals surface area (Å²) in [6.07, 6.45) is 4.30. The minimum absolute atomic E-state index is 0.0321. The smallest absolute Gasteiger partial charge is 0.245 e. The van der Waals surface area contributed by atoms with Crippen molar-refractivity contribution < 1.29 is 9.59 Å². The summed E-state index contributed by atoms with van der Waals surface area (Å²) in [5, 5.41) is 2.79. The first-order valence-corrected chi connectivity index (χ1v) is 8.97. The largest absolute Gasteiger partial charge is 0.344 e. The normalized spacial score (nSPS) is 17.0. The molecule has 1 aromatic carbocycles. The Kier molecular flexibility index (Phi) is 7.19. The van der Waals surface area contributed by atoms with Crippen molar-refractivity contribution in [2.45, 2.75) is 26.8 Å². The van der Waals surface area contributed by atoms with Gasteiger partial charge in [-0.3, -0.25) is 14.5 Å². The first-order chi connectivity index (χ1) is 12.0. The highest BCUT2D eigenvalue weighted by Gasteiger charge is 2.29. The molecule has 0 radical (unpaired) electrons. The van der Waals surface area contributed by atoms with E-state index >= 15 is 0 Å². The van der Waals surface area contributed by atoms with E-state index in [1.54, 1.807) is 0 Å². The monoisotopic (exact) mass is 343 g/mol. The number of hydrogen-bond donors (Lipinski definition) is 1. The maximum absolute atomic E-state index is 12.7. The van der Waals surface area contributed by atoms with Gasteiger partial charge < -0.3 is 10.2 Å². The molecule has 1 unspecified atom stereocenters. The zero-order chi connectivity index (χ0) is 18.2. The molecule has 1 fully saturated rings. The maximum Gasteiger partial charge on any atom is 0.245 e. The van der Waals surface area contributed by atoms with Crippen LogP contribution in [0.3, 0.4) is 0 Å². The fourth-order valence-corrected chi connectivity index (χ4v) is 2.98. The molecule has 1 saturated heterocycles. The Morgan fingerprint density at radius 2 is 1.76 bits per heavy atom. The number of nitrogens with zero attached hydrogens (tertiary/aromatic N) is 2. The third kappa shape index (κ3) is 6.02. The Balaban J connectivity index is 1.81. The van der Waals surface area contributed by atoms with E-state index in [1.807, 2.05) is 36.9 Å². The molecule has 1 atom stereocenters. The topological polar surface area (TPSA) is 52.7 Å². The van der Waals surface area contributed by atoms with Gasteiger partial charge in [0, 0.05) is 39.6 Å². The second-order valence-electron chi connectivity index (χ2n) is 6.86. The van der Waals surface area contributed by atoms with E-state index in [4.69, 9.17) is 0 Å². The number of rotatable bonds is 6. The molecule has 1 aromatic rings. The third-order valence-electron chi connectivity index (χ3n) is 4.45. The molecule has 1 N–H and O–H groups in total. The van der Waals surface area contributed by atoms with Crippen LogP contribution >= 0.6 is 0 Å². The van der Waals surface area contributed by atoms with Crippen LogP contribution < -0.4 is 5.32 Å². The van der Waals surface area contributed by atoms with Crippen LogP contribution in [0.4, 0.5) is 0 Å². The maximum atomic E-state index is 12.7. The molecule has 2 amide bonds. The number of carbonyl (C=O) groups is 2. The molecule has 0 bridgehead atoms. The van der Waals surface area contributed by atoms with Gasteiger partial charge in [-0.15, -0.1) is 0 Å². The van der Waals surface area contributed by atoms with Crippen molar-refractivity contribution in [2.24, 2.45) is 5.92 Å². The van der Waals surface area contributed by atoms with Gasteiger partial charge in [0.25, 0.3) is 0 Å².